The first-order valence-corrected chi connectivity index (χ1v) is 13.9. The second-order valence-electron chi connectivity index (χ2n) is 10.9. The quantitative estimate of drug-likeness (QED) is 0.204. The van der Waals surface area contributed by atoms with Gasteiger partial charge in [-0.3, -0.25) is 9.38 Å². The van der Waals surface area contributed by atoms with Crippen molar-refractivity contribution in [2.45, 2.75) is 6.42 Å². The van der Waals surface area contributed by atoms with Gasteiger partial charge in [0.05, 0.1) is 22.1 Å². The molecule has 0 fully saturated rings. The van der Waals surface area contributed by atoms with E-state index in [1.807, 2.05) is 24.7 Å². The van der Waals surface area contributed by atoms with Crippen LogP contribution < -0.4 is 0 Å². The molecule has 1 aliphatic rings. The second kappa shape index (κ2) is 7.55. The highest BCUT2D eigenvalue weighted by Gasteiger charge is 2.24. The fourth-order valence-corrected chi connectivity index (χ4v) is 7.15. The maximum absolute atomic E-state index is 5.05. The molecule has 0 N–H and O–H groups in total. The smallest absolute Gasteiger partial charge is 0.178 e. The van der Waals surface area contributed by atoms with E-state index in [4.69, 9.17) is 4.98 Å². The standard InChI is InChI=1S/C36H21N5/c1-2-8-23(9-3-1)40-32-19-27-22(17-21-7-4-5-10-24(21)27)18-28(32)25-12-13-26-33(34(25)40)29-20-37-16-14-30(29)41-31-11-6-15-38-35(31)39-36(26)41/h1-16,18-20H,17H2. The number of pyridine rings is 3. The van der Waals surface area contributed by atoms with Crippen molar-refractivity contribution in [1.29, 1.82) is 0 Å². The predicted molar refractivity (Wildman–Crippen MR) is 166 cm³/mol. The highest BCUT2D eigenvalue weighted by Crippen LogP contribution is 2.45. The molecule has 1 aliphatic carbocycles. The fraction of sp³-hybridized carbons (Fsp3) is 0.0278. The Labute approximate surface area is 234 Å². The number of benzene rings is 4. The summed E-state index contributed by atoms with van der Waals surface area (Å²) in [5.41, 5.74) is 12.7. The lowest BCUT2D eigenvalue weighted by molar-refractivity contribution is 1.18. The molecular formula is C36H21N5. The van der Waals surface area contributed by atoms with Crippen molar-refractivity contribution in [3.05, 3.63) is 127 Å². The maximum Gasteiger partial charge on any atom is 0.178 e. The topological polar surface area (TPSA) is 48.0 Å². The van der Waals surface area contributed by atoms with Crippen molar-refractivity contribution in [2.24, 2.45) is 0 Å². The molecule has 5 heterocycles. The summed E-state index contributed by atoms with van der Waals surface area (Å²) >= 11 is 0. The second-order valence-corrected chi connectivity index (χ2v) is 10.9. The average molecular weight is 524 g/mol. The normalized spacial score (nSPS) is 12.8. The lowest BCUT2D eigenvalue weighted by Gasteiger charge is -2.13. The Balaban J connectivity index is 1.47. The largest absolute Gasteiger partial charge is 0.309 e. The van der Waals surface area contributed by atoms with E-state index < -0.39 is 0 Å². The van der Waals surface area contributed by atoms with Crippen LogP contribution >= 0.6 is 0 Å². The number of para-hydroxylation sites is 1. The number of hydrogen-bond donors (Lipinski definition) is 0. The molecule has 5 nitrogen and oxygen atoms in total. The van der Waals surface area contributed by atoms with Crippen molar-refractivity contribution in [2.75, 3.05) is 0 Å². The summed E-state index contributed by atoms with van der Waals surface area (Å²) in [6.07, 6.45) is 6.64. The first-order chi connectivity index (χ1) is 20.3. The Morgan fingerprint density at radius 3 is 2.44 bits per heavy atom. The van der Waals surface area contributed by atoms with E-state index in [0.717, 1.165) is 50.6 Å². The average Bonchev–Trinajstić information content (AvgIpc) is 3.70. The molecule has 0 aliphatic heterocycles. The number of aromatic nitrogens is 5. The summed E-state index contributed by atoms with van der Waals surface area (Å²) in [5, 5.41) is 5.85. The Morgan fingerprint density at radius 2 is 1.49 bits per heavy atom. The minimum Gasteiger partial charge on any atom is -0.309 e. The summed E-state index contributed by atoms with van der Waals surface area (Å²) in [6.45, 7) is 0. The van der Waals surface area contributed by atoms with Gasteiger partial charge in [0.15, 0.2) is 5.65 Å². The minimum absolute atomic E-state index is 0.747. The van der Waals surface area contributed by atoms with Crippen LogP contribution in [0.25, 0.3) is 77.1 Å². The molecule has 0 bridgehead atoms. The zero-order chi connectivity index (χ0) is 26.7. The Hall–Kier alpha value is -5.55. The van der Waals surface area contributed by atoms with Crippen LogP contribution in [0.1, 0.15) is 11.1 Å². The molecule has 0 saturated carbocycles. The molecule has 0 radical (unpaired) electrons. The predicted octanol–water partition coefficient (Wildman–Crippen LogP) is 8.25. The molecule has 41 heavy (non-hydrogen) atoms. The summed E-state index contributed by atoms with van der Waals surface area (Å²) in [4.78, 5) is 14.3. The summed E-state index contributed by atoms with van der Waals surface area (Å²) in [5.74, 6) is 0. The molecule has 4 aromatic carbocycles. The van der Waals surface area contributed by atoms with E-state index >= 15 is 0 Å². The van der Waals surface area contributed by atoms with Crippen molar-refractivity contribution in [3.63, 3.8) is 0 Å². The van der Waals surface area contributed by atoms with Gasteiger partial charge in [0.2, 0.25) is 0 Å². The Kier molecular flexibility index (Phi) is 3.92. The molecule has 0 amide bonds. The van der Waals surface area contributed by atoms with Gasteiger partial charge in [0.1, 0.15) is 5.65 Å². The zero-order valence-electron chi connectivity index (χ0n) is 21.9. The SMILES string of the molecule is c1ccc(-n2c3cc4c(cc3c3ccc5c(c6cnccc6n6c7cccnc7nc56)c32)Cc2ccccc2-4)cc1. The first-order valence-electron chi connectivity index (χ1n) is 13.9. The third-order valence-corrected chi connectivity index (χ3v) is 8.84. The molecule has 0 atom stereocenters. The van der Waals surface area contributed by atoms with Gasteiger partial charge in [-0.25, -0.2) is 9.97 Å². The van der Waals surface area contributed by atoms with E-state index in [-0.39, 0.29) is 0 Å². The lowest BCUT2D eigenvalue weighted by atomic mass is 10.0. The number of fused-ring (bicyclic) bond motifs is 15. The Morgan fingerprint density at radius 1 is 0.610 bits per heavy atom. The van der Waals surface area contributed by atoms with Crippen molar-refractivity contribution in [1.82, 2.24) is 23.9 Å². The minimum atomic E-state index is 0.747. The number of rotatable bonds is 1. The van der Waals surface area contributed by atoms with Gasteiger partial charge in [-0.05, 0) is 77.2 Å². The molecular weight excluding hydrogens is 502 g/mol. The summed E-state index contributed by atoms with van der Waals surface area (Å²) in [7, 11) is 0. The monoisotopic (exact) mass is 523 g/mol. The lowest BCUT2D eigenvalue weighted by Crippen LogP contribution is -1.97. The van der Waals surface area contributed by atoms with Gasteiger partial charge in [-0.15, -0.1) is 0 Å². The highest BCUT2D eigenvalue weighted by atomic mass is 15.1. The van der Waals surface area contributed by atoms with Crippen LogP contribution in [0.2, 0.25) is 0 Å². The van der Waals surface area contributed by atoms with E-state index in [1.165, 1.54) is 44.1 Å². The van der Waals surface area contributed by atoms with Crippen LogP contribution in [0, 0.1) is 0 Å². The number of hydrogen-bond acceptors (Lipinski definition) is 3. The van der Waals surface area contributed by atoms with Crippen LogP contribution in [-0.2, 0) is 6.42 Å². The third-order valence-electron chi connectivity index (χ3n) is 8.84. The highest BCUT2D eigenvalue weighted by molar-refractivity contribution is 6.28. The van der Waals surface area contributed by atoms with Gasteiger partial charge in [-0.2, -0.15) is 0 Å². The van der Waals surface area contributed by atoms with Gasteiger partial charge in [0, 0.05) is 51.2 Å². The van der Waals surface area contributed by atoms with Gasteiger partial charge in [0.25, 0.3) is 0 Å². The molecule has 0 unspecified atom stereocenters. The van der Waals surface area contributed by atoms with Gasteiger partial charge in [-0.1, -0.05) is 48.5 Å². The van der Waals surface area contributed by atoms with Crippen LogP contribution in [0.15, 0.2) is 116 Å². The molecule has 0 saturated heterocycles. The van der Waals surface area contributed by atoms with Crippen LogP contribution in [0.4, 0.5) is 0 Å². The molecule has 190 valence electrons. The number of imidazole rings is 1. The van der Waals surface area contributed by atoms with Crippen molar-refractivity contribution >= 4 is 60.3 Å². The van der Waals surface area contributed by atoms with Crippen LogP contribution in [0.5, 0.6) is 0 Å². The third kappa shape index (κ3) is 2.68. The van der Waals surface area contributed by atoms with Crippen molar-refractivity contribution < 1.29 is 0 Å². The van der Waals surface area contributed by atoms with E-state index in [1.54, 1.807) is 0 Å². The molecule has 5 aromatic heterocycles. The zero-order valence-corrected chi connectivity index (χ0v) is 21.9. The van der Waals surface area contributed by atoms with Gasteiger partial charge >= 0.3 is 0 Å². The maximum atomic E-state index is 5.05. The van der Waals surface area contributed by atoms with E-state index in [9.17, 15) is 0 Å². The molecule has 10 rings (SSSR count). The molecule has 5 heteroatoms. The van der Waals surface area contributed by atoms with E-state index in [0.29, 0.717) is 0 Å². The molecule has 9 aromatic rings. The van der Waals surface area contributed by atoms with Crippen LogP contribution in [-0.4, -0.2) is 23.9 Å². The summed E-state index contributed by atoms with van der Waals surface area (Å²) < 4.78 is 4.67. The van der Waals surface area contributed by atoms with Gasteiger partial charge < -0.3 is 4.57 Å². The summed E-state index contributed by atoms with van der Waals surface area (Å²) in [6, 6.07) is 35.0. The van der Waals surface area contributed by atoms with Crippen LogP contribution in [0.3, 0.4) is 0 Å². The number of nitrogens with zero attached hydrogens (tertiary/aromatic N) is 5. The van der Waals surface area contributed by atoms with Crippen molar-refractivity contribution in [3.8, 4) is 16.8 Å². The molecule has 0 spiro atoms. The van der Waals surface area contributed by atoms with E-state index in [2.05, 4.69) is 110 Å². The Bertz CT molecular complexity index is 2550. The fourth-order valence-electron chi connectivity index (χ4n) is 7.15. The first kappa shape index (κ1) is 21.3.